The van der Waals surface area contributed by atoms with Crippen LogP contribution >= 0.6 is 0 Å². The molecule has 0 aromatic heterocycles. The van der Waals surface area contributed by atoms with Crippen LogP contribution < -0.4 is 0 Å². The van der Waals surface area contributed by atoms with Crippen LogP contribution in [0.1, 0.15) is 31.8 Å². The van der Waals surface area contributed by atoms with E-state index in [0.717, 1.165) is 4.90 Å². The average Bonchev–Trinajstić information content (AvgIpc) is 2.74. The molecule has 0 saturated carbocycles. The van der Waals surface area contributed by atoms with Crippen LogP contribution in [-0.4, -0.2) is 21.6 Å². The molecule has 0 radical (unpaired) electrons. The van der Waals surface area contributed by atoms with Gasteiger partial charge in [-0.15, -0.1) is 0 Å². The van der Waals surface area contributed by atoms with E-state index in [-0.39, 0.29) is 24.0 Å². The highest BCUT2D eigenvalue weighted by Gasteiger charge is 2.35. The zero-order chi connectivity index (χ0) is 15.9. The van der Waals surface area contributed by atoms with E-state index in [2.05, 4.69) is 0 Å². The van der Waals surface area contributed by atoms with Crippen LogP contribution in [0.3, 0.4) is 0 Å². The Kier molecular flexibility index (Phi) is 3.21. The molecule has 22 heavy (non-hydrogen) atoms. The van der Waals surface area contributed by atoms with Crippen LogP contribution in [0.5, 0.6) is 0 Å². The molecule has 0 fully saturated rings. The lowest BCUT2D eigenvalue weighted by Crippen LogP contribution is -2.29. The lowest BCUT2D eigenvalue weighted by Gasteiger charge is -2.15. The second-order valence-corrected chi connectivity index (χ2v) is 5.06. The van der Waals surface area contributed by atoms with Gasteiger partial charge in [0.2, 0.25) is 0 Å². The van der Waals surface area contributed by atoms with Gasteiger partial charge in [-0.3, -0.25) is 24.6 Å². The van der Waals surface area contributed by atoms with Gasteiger partial charge in [0.05, 0.1) is 22.6 Å². The number of amides is 2. The minimum atomic E-state index is -0.471. The van der Waals surface area contributed by atoms with Gasteiger partial charge in [-0.2, -0.15) is 0 Å². The molecule has 1 heterocycles. The van der Waals surface area contributed by atoms with Gasteiger partial charge >= 0.3 is 0 Å². The summed E-state index contributed by atoms with van der Waals surface area (Å²) in [5.74, 6) is -0.738. The molecular formula is C16H12N2O4. The van der Waals surface area contributed by atoms with Crippen molar-refractivity contribution in [3.05, 3.63) is 74.8 Å². The first-order valence-electron chi connectivity index (χ1n) is 6.69. The second-order valence-electron chi connectivity index (χ2n) is 5.06. The molecule has 2 aromatic rings. The lowest BCUT2D eigenvalue weighted by molar-refractivity contribution is -0.385. The smallest absolute Gasteiger partial charge is 0.270 e. The van der Waals surface area contributed by atoms with Crippen LogP contribution in [0.4, 0.5) is 5.69 Å². The quantitative estimate of drug-likeness (QED) is 0.495. The molecule has 110 valence electrons. The summed E-state index contributed by atoms with van der Waals surface area (Å²) < 4.78 is 0. The molecule has 0 aliphatic carbocycles. The summed E-state index contributed by atoms with van der Waals surface area (Å²) in [5, 5.41) is 11.0. The van der Waals surface area contributed by atoms with Crippen molar-refractivity contribution < 1.29 is 14.5 Å². The van der Waals surface area contributed by atoms with Gasteiger partial charge in [0, 0.05) is 11.6 Å². The summed E-state index contributed by atoms with van der Waals surface area (Å²) in [4.78, 5) is 36.3. The standard InChI is InChI=1S/C16H12N2O4/c1-10-11(5-4-8-14(10)18(21)22)9-17-15(19)12-6-2-3-7-13(12)16(17)20/h2-8H,9H2,1H3. The first-order chi connectivity index (χ1) is 10.5. The number of carbonyl (C=O) groups excluding carboxylic acids is 2. The van der Waals surface area contributed by atoms with Crippen LogP contribution in [0.2, 0.25) is 0 Å². The maximum Gasteiger partial charge on any atom is 0.272 e. The molecule has 0 spiro atoms. The summed E-state index contributed by atoms with van der Waals surface area (Å²) in [6, 6.07) is 11.3. The third kappa shape index (κ3) is 2.05. The second kappa shape index (κ2) is 5.07. The van der Waals surface area contributed by atoms with Crippen LogP contribution in [0, 0.1) is 17.0 Å². The first kappa shape index (κ1) is 13.9. The number of nitro benzene ring substituents is 1. The van der Waals surface area contributed by atoms with Crippen molar-refractivity contribution in [2.75, 3.05) is 0 Å². The maximum atomic E-state index is 12.3. The van der Waals surface area contributed by atoms with E-state index in [4.69, 9.17) is 0 Å². The minimum absolute atomic E-state index is 0.0193. The third-order valence-electron chi connectivity index (χ3n) is 3.82. The number of rotatable bonds is 3. The summed E-state index contributed by atoms with van der Waals surface area (Å²) in [7, 11) is 0. The van der Waals surface area contributed by atoms with E-state index in [1.807, 2.05) is 0 Å². The van der Waals surface area contributed by atoms with Crippen molar-refractivity contribution in [1.82, 2.24) is 4.90 Å². The van der Waals surface area contributed by atoms with Gasteiger partial charge in [-0.25, -0.2) is 0 Å². The summed E-state index contributed by atoms with van der Waals surface area (Å²) >= 11 is 0. The Morgan fingerprint density at radius 2 is 1.59 bits per heavy atom. The lowest BCUT2D eigenvalue weighted by atomic mass is 10.1. The van der Waals surface area contributed by atoms with E-state index in [9.17, 15) is 19.7 Å². The maximum absolute atomic E-state index is 12.3. The van der Waals surface area contributed by atoms with Crippen LogP contribution in [0.15, 0.2) is 42.5 Å². The molecule has 0 unspecified atom stereocenters. The summed E-state index contributed by atoms with van der Waals surface area (Å²) in [5.41, 5.74) is 1.77. The molecule has 0 atom stereocenters. The Morgan fingerprint density at radius 3 is 2.14 bits per heavy atom. The number of nitro groups is 1. The molecule has 2 aromatic carbocycles. The molecule has 0 saturated heterocycles. The fourth-order valence-electron chi connectivity index (χ4n) is 2.59. The monoisotopic (exact) mass is 296 g/mol. The van der Waals surface area contributed by atoms with Crippen molar-refractivity contribution in [1.29, 1.82) is 0 Å². The fraction of sp³-hybridized carbons (Fsp3) is 0.125. The van der Waals surface area contributed by atoms with Gasteiger partial charge < -0.3 is 0 Å². The Hall–Kier alpha value is -3.02. The molecule has 2 amide bonds. The number of nitrogens with zero attached hydrogens (tertiary/aromatic N) is 2. The highest BCUT2D eigenvalue weighted by molar-refractivity contribution is 6.21. The summed E-state index contributed by atoms with van der Waals surface area (Å²) in [6.07, 6.45) is 0. The molecule has 3 rings (SSSR count). The fourth-order valence-corrected chi connectivity index (χ4v) is 2.59. The summed E-state index contributed by atoms with van der Waals surface area (Å²) in [6.45, 7) is 1.64. The van der Waals surface area contributed by atoms with Crippen LogP contribution in [-0.2, 0) is 6.54 Å². The predicted octanol–water partition coefficient (Wildman–Crippen LogP) is 2.70. The predicted molar refractivity (Wildman–Crippen MR) is 78.5 cm³/mol. The van der Waals surface area contributed by atoms with Crippen molar-refractivity contribution in [3.8, 4) is 0 Å². The number of hydrogen-bond donors (Lipinski definition) is 0. The largest absolute Gasteiger partial charge is 0.272 e. The first-order valence-corrected chi connectivity index (χ1v) is 6.69. The van der Waals surface area contributed by atoms with Gasteiger partial charge in [-0.1, -0.05) is 24.3 Å². The molecular weight excluding hydrogens is 284 g/mol. The molecule has 6 heteroatoms. The zero-order valence-corrected chi connectivity index (χ0v) is 11.8. The molecule has 0 bridgehead atoms. The molecule has 0 N–H and O–H groups in total. The Bertz CT molecular complexity index is 779. The van der Waals surface area contributed by atoms with Gasteiger partial charge in [-0.05, 0) is 24.6 Å². The van der Waals surface area contributed by atoms with Gasteiger partial charge in [0.1, 0.15) is 0 Å². The van der Waals surface area contributed by atoms with E-state index in [1.54, 1.807) is 43.3 Å². The Balaban J connectivity index is 1.96. The van der Waals surface area contributed by atoms with E-state index in [0.29, 0.717) is 22.3 Å². The Labute approximate surface area is 126 Å². The highest BCUT2D eigenvalue weighted by Crippen LogP contribution is 2.27. The number of carbonyl (C=O) groups is 2. The Morgan fingerprint density at radius 1 is 1.00 bits per heavy atom. The van der Waals surface area contributed by atoms with E-state index < -0.39 is 4.92 Å². The number of imide groups is 1. The number of benzene rings is 2. The highest BCUT2D eigenvalue weighted by atomic mass is 16.6. The normalized spacial score (nSPS) is 13.4. The van der Waals surface area contributed by atoms with Crippen LogP contribution in [0.25, 0.3) is 0 Å². The van der Waals surface area contributed by atoms with Crippen molar-refractivity contribution in [2.24, 2.45) is 0 Å². The third-order valence-corrected chi connectivity index (χ3v) is 3.82. The van der Waals surface area contributed by atoms with E-state index in [1.165, 1.54) is 6.07 Å². The topological polar surface area (TPSA) is 80.5 Å². The van der Waals surface area contributed by atoms with E-state index >= 15 is 0 Å². The molecule has 1 aliphatic heterocycles. The number of hydrogen-bond acceptors (Lipinski definition) is 4. The van der Waals surface area contributed by atoms with Crippen molar-refractivity contribution in [2.45, 2.75) is 13.5 Å². The van der Waals surface area contributed by atoms with Gasteiger partial charge in [0.25, 0.3) is 17.5 Å². The molecule has 6 nitrogen and oxygen atoms in total. The minimum Gasteiger partial charge on any atom is -0.270 e. The molecule has 1 aliphatic rings. The SMILES string of the molecule is Cc1c(CN2C(=O)c3ccccc3C2=O)cccc1[N+](=O)[O-]. The van der Waals surface area contributed by atoms with Crippen molar-refractivity contribution in [3.63, 3.8) is 0 Å². The zero-order valence-electron chi connectivity index (χ0n) is 11.8. The van der Waals surface area contributed by atoms with Crippen molar-refractivity contribution >= 4 is 17.5 Å². The van der Waals surface area contributed by atoms with Gasteiger partial charge in [0.15, 0.2) is 0 Å². The average molecular weight is 296 g/mol. The number of fused-ring (bicyclic) bond motifs is 1.